The van der Waals surface area contributed by atoms with Gasteiger partial charge in [-0.3, -0.25) is 14.9 Å². The maximum atomic E-state index is 12.5. The molecule has 3 rings (SSSR count). The van der Waals surface area contributed by atoms with Gasteiger partial charge in [0.25, 0.3) is 5.69 Å². The van der Waals surface area contributed by atoms with Gasteiger partial charge in [0.2, 0.25) is 5.91 Å². The standard InChI is InChI=1S/C21H25ClN4O3/c1-14-9-11-25(12-10-14)17-5-3-16(4-6-17)23-15(2)21(27)24-20-8-7-18(26(28)29)13-19(20)22/h3-8,13-15,23H,9-12H2,1-2H3,(H,24,27)/t15-/m1/s1. The molecule has 2 aromatic carbocycles. The van der Waals surface area contributed by atoms with E-state index in [-0.39, 0.29) is 16.6 Å². The second-order valence-electron chi connectivity index (χ2n) is 7.49. The molecule has 0 radical (unpaired) electrons. The smallest absolute Gasteiger partial charge is 0.271 e. The molecule has 1 aliphatic rings. The van der Waals surface area contributed by atoms with Gasteiger partial charge in [-0.1, -0.05) is 18.5 Å². The maximum absolute atomic E-state index is 12.5. The van der Waals surface area contributed by atoms with Gasteiger partial charge in [0.15, 0.2) is 0 Å². The van der Waals surface area contributed by atoms with E-state index in [4.69, 9.17) is 11.6 Å². The number of non-ortho nitro benzene ring substituents is 1. The quantitative estimate of drug-likeness (QED) is 0.515. The summed E-state index contributed by atoms with van der Waals surface area (Å²) in [4.78, 5) is 25.1. The van der Waals surface area contributed by atoms with Crippen molar-refractivity contribution in [1.29, 1.82) is 0 Å². The molecule has 2 N–H and O–H groups in total. The molecule has 29 heavy (non-hydrogen) atoms. The van der Waals surface area contributed by atoms with E-state index in [1.54, 1.807) is 6.92 Å². The summed E-state index contributed by atoms with van der Waals surface area (Å²) < 4.78 is 0. The zero-order valence-electron chi connectivity index (χ0n) is 16.5. The van der Waals surface area contributed by atoms with Crippen molar-refractivity contribution in [1.82, 2.24) is 0 Å². The van der Waals surface area contributed by atoms with Crippen LogP contribution < -0.4 is 15.5 Å². The van der Waals surface area contributed by atoms with Crippen LogP contribution in [0.5, 0.6) is 0 Å². The number of anilines is 3. The first-order valence-electron chi connectivity index (χ1n) is 9.70. The van der Waals surface area contributed by atoms with Crippen LogP contribution in [0.25, 0.3) is 0 Å². The van der Waals surface area contributed by atoms with Gasteiger partial charge in [-0.15, -0.1) is 0 Å². The number of nitro groups is 1. The van der Waals surface area contributed by atoms with Crippen molar-refractivity contribution >= 4 is 40.3 Å². The number of hydrogen-bond acceptors (Lipinski definition) is 5. The number of nitrogens with one attached hydrogen (secondary N) is 2. The number of hydrogen-bond donors (Lipinski definition) is 2. The molecule has 1 aliphatic heterocycles. The number of halogens is 1. The minimum atomic E-state index is -0.532. The summed E-state index contributed by atoms with van der Waals surface area (Å²) in [6.45, 7) is 6.18. The van der Waals surface area contributed by atoms with E-state index in [1.807, 2.05) is 12.1 Å². The number of nitro benzene ring substituents is 1. The van der Waals surface area contributed by atoms with E-state index in [0.717, 1.165) is 24.7 Å². The van der Waals surface area contributed by atoms with E-state index >= 15 is 0 Å². The number of carbonyl (C=O) groups is 1. The Morgan fingerprint density at radius 3 is 2.45 bits per heavy atom. The summed E-state index contributed by atoms with van der Waals surface area (Å²) in [5.41, 5.74) is 2.25. The van der Waals surface area contributed by atoms with Crippen LogP contribution in [-0.4, -0.2) is 30.0 Å². The molecule has 0 spiro atoms. The SMILES string of the molecule is CC1CCN(c2ccc(N[C@H](C)C(=O)Nc3ccc([N+](=O)[O-])cc3Cl)cc2)CC1. The summed E-state index contributed by atoms with van der Waals surface area (Å²) >= 11 is 6.04. The topological polar surface area (TPSA) is 87.5 Å². The summed E-state index contributed by atoms with van der Waals surface area (Å²) in [7, 11) is 0. The molecular weight excluding hydrogens is 392 g/mol. The number of carbonyl (C=O) groups excluding carboxylic acids is 1. The highest BCUT2D eigenvalue weighted by atomic mass is 35.5. The molecule has 1 saturated heterocycles. The molecule has 8 heteroatoms. The Kier molecular flexibility index (Phi) is 6.59. The Balaban J connectivity index is 1.57. The monoisotopic (exact) mass is 416 g/mol. The molecule has 7 nitrogen and oxygen atoms in total. The lowest BCUT2D eigenvalue weighted by atomic mass is 9.99. The third kappa shape index (κ3) is 5.38. The molecule has 0 aliphatic carbocycles. The lowest BCUT2D eigenvalue weighted by molar-refractivity contribution is -0.384. The van der Waals surface area contributed by atoms with Crippen molar-refractivity contribution in [2.45, 2.75) is 32.7 Å². The normalized spacial score (nSPS) is 15.6. The molecule has 0 saturated carbocycles. The van der Waals surface area contributed by atoms with Gasteiger partial charge in [0.1, 0.15) is 6.04 Å². The second kappa shape index (κ2) is 9.13. The molecule has 1 heterocycles. The average Bonchev–Trinajstić information content (AvgIpc) is 2.70. The Morgan fingerprint density at radius 2 is 1.86 bits per heavy atom. The average molecular weight is 417 g/mol. The van der Waals surface area contributed by atoms with Crippen molar-refractivity contribution in [3.05, 3.63) is 57.6 Å². The van der Waals surface area contributed by atoms with Crippen LogP contribution >= 0.6 is 11.6 Å². The van der Waals surface area contributed by atoms with Crippen LogP contribution in [0.2, 0.25) is 5.02 Å². The van der Waals surface area contributed by atoms with Gasteiger partial charge in [-0.2, -0.15) is 0 Å². The molecule has 1 amide bonds. The van der Waals surface area contributed by atoms with E-state index in [9.17, 15) is 14.9 Å². The van der Waals surface area contributed by atoms with Crippen LogP contribution in [0.3, 0.4) is 0 Å². The minimum absolute atomic E-state index is 0.123. The first-order chi connectivity index (χ1) is 13.8. The predicted molar refractivity (Wildman–Crippen MR) is 117 cm³/mol. The van der Waals surface area contributed by atoms with Crippen molar-refractivity contribution < 1.29 is 9.72 Å². The number of rotatable bonds is 6. The van der Waals surface area contributed by atoms with E-state index in [2.05, 4.69) is 34.6 Å². The molecule has 2 aromatic rings. The molecular formula is C21H25ClN4O3. The number of benzene rings is 2. The van der Waals surface area contributed by atoms with Gasteiger partial charge in [-0.25, -0.2) is 0 Å². The Labute approximate surface area is 175 Å². The summed E-state index contributed by atoms with van der Waals surface area (Å²) in [6.07, 6.45) is 2.42. The molecule has 0 aromatic heterocycles. The van der Waals surface area contributed by atoms with E-state index in [1.165, 1.54) is 36.7 Å². The fourth-order valence-corrected chi connectivity index (χ4v) is 3.53. The van der Waals surface area contributed by atoms with Crippen molar-refractivity contribution in [2.75, 3.05) is 28.6 Å². The molecule has 154 valence electrons. The zero-order valence-corrected chi connectivity index (χ0v) is 17.3. The minimum Gasteiger partial charge on any atom is -0.374 e. The van der Waals surface area contributed by atoms with Gasteiger partial charge >= 0.3 is 0 Å². The highest BCUT2D eigenvalue weighted by Gasteiger charge is 2.18. The van der Waals surface area contributed by atoms with Crippen molar-refractivity contribution in [2.24, 2.45) is 5.92 Å². The van der Waals surface area contributed by atoms with Crippen LogP contribution in [0.4, 0.5) is 22.7 Å². The summed E-state index contributed by atoms with van der Waals surface area (Å²) in [6, 6.07) is 11.5. The van der Waals surface area contributed by atoms with Gasteiger partial charge in [0.05, 0.1) is 15.6 Å². The van der Waals surface area contributed by atoms with E-state index in [0.29, 0.717) is 5.69 Å². The lowest BCUT2D eigenvalue weighted by Crippen LogP contribution is -2.33. The van der Waals surface area contributed by atoms with Gasteiger partial charge < -0.3 is 15.5 Å². The van der Waals surface area contributed by atoms with Crippen molar-refractivity contribution in [3.63, 3.8) is 0 Å². The lowest BCUT2D eigenvalue weighted by Gasteiger charge is -2.32. The molecule has 0 bridgehead atoms. The van der Waals surface area contributed by atoms with Crippen molar-refractivity contribution in [3.8, 4) is 0 Å². The van der Waals surface area contributed by atoms with Crippen LogP contribution in [0.15, 0.2) is 42.5 Å². The highest BCUT2D eigenvalue weighted by Crippen LogP contribution is 2.27. The van der Waals surface area contributed by atoms with Crippen LogP contribution in [0, 0.1) is 16.0 Å². The first kappa shape index (κ1) is 20.9. The summed E-state index contributed by atoms with van der Waals surface area (Å²) in [5, 5.41) is 16.8. The first-order valence-corrected chi connectivity index (χ1v) is 10.1. The number of amides is 1. The second-order valence-corrected chi connectivity index (χ2v) is 7.90. The fourth-order valence-electron chi connectivity index (χ4n) is 3.31. The largest absolute Gasteiger partial charge is 0.374 e. The third-order valence-corrected chi connectivity index (χ3v) is 5.53. The maximum Gasteiger partial charge on any atom is 0.271 e. The van der Waals surface area contributed by atoms with Crippen LogP contribution in [0.1, 0.15) is 26.7 Å². The van der Waals surface area contributed by atoms with Gasteiger partial charge in [0, 0.05) is 36.6 Å². The highest BCUT2D eigenvalue weighted by molar-refractivity contribution is 6.34. The van der Waals surface area contributed by atoms with Gasteiger partial charge in [-0.05, 0) is 56.0 Å². The molecule has 1 fully saturated rings. The Morgan fingerprint density at radius 1 is 1.21 bits per heavy atom. The summed E-state index contributed by atoms with van der Waals surface area (Å²) in [5.74, 6) is 0.505. The third-order valence-electron chi connectivity index (χ3n) is 5.21. The molecule has 1 atom stereocenters. The van der Waals surface area contributed by atoms with Crippen LogP contribution in [-0.2, 0) is 4.79 Å². The van der Waals surface area contributed by atoms with E-state index < -0.39 is 11.0 Å². The zero-order chi connectivity index (χ0) is 21.0. The Bertz CT molecular complexity index is 880. The number of nitrogens with zero attached hydrogens (tertiary/aromatic N) is 2. The Hall–Kier alpha value is -2.80. The fraction of sp³-hybridized carbons (Fsp3) is 0.381. The molecule has 0 unspecified atom stereocenters. The predicted octanol–water partition coefficient (Wildman–Crippen LogP) is 4.92. The number of piperidine rings is 1.